The molecule has 1 aliphatic heterocycles. The summed E-state index contributed by atoms with van der Waals surface area (Å²) in [6, 6.07) is 7.55. The smallest absolute Gasteiger partial charge is 0.164 e. The zero-order chi connectivity index (χ0) is 20.1. The highest BCUT2D eigenvalue weighted by Gasteiger charge is 2.47. The number of rotatable bonds is 5. The summed E-state index contributed by atoms with van der Waals surface area (Å²) in [6.45, 7) is 0. The van der Waals surface area contributed by atoms with Crippen LogP contribution < -0.4 is 5.48 Å². The fraction of sp³-hybridized carbons (Fsp3) is 0.400. The van der Waals surface area contributed by atoms with E-state index in [1.807, 2.05) is 18.2 Å². The van der Waals surface area contributed by atoms with Gasteiger partial charge in [0.05, 0.1) is 12.5 Å². The van der Waals surface area contributed by atoms with Gasteiger partial charge in [-0.25, -0.2) is 15.4 Å². The van der Waals surface area contributed by atoms with E-state index in [9.17, 15) is 15.3 Å². The predicted octanol–water partition coefficient (Wildman–Crippen LogP) is 0.856. The van der Waals surface area contributed by atoms with Crippen molar-refractivity contribution in [2.24, 2.45) is 0 Å². The molecule has 9 nitrogen and oxygen atoms in total. The highest BCUT2D eigenvalue weighted by atomic mass is 16.6. The highest BCUT2D eigenvalue weighted by molar-refractivity contribution is 5.87. The molecule has 5 atom stereocenters. The van der Waals surface area contributed by atoms with E-state index in [-0.39, 0.29) is 0 Å². The molecule has 9 heteroatoms. The van der Waals surface area contributed by atoms with Gasteiger partial charge >= 0.3 is 0 Å². The molecule has 0 saturated carbocycles. The van der Waals surface area contributed by atoms with E-state index in [2.05, 4.69) is 15.4 Å². The first kappa shape index (κ1) is 18.5. The first-order chi connectivity index (χ1) is 14.1. The van der Waals surface area contributed by atoms with E-state index < -0.39 is 30.6 Å². The maximum absolute atomic E-state index is 10.8. The van der Waals surface area contributed by atoms with E-state index in [0.717, 1.165) is 12.8 Å². The van der Waals surface area contributed by atoms with Crippen molar-refractivity contribution in [3.05, 3.63) is 53.5 Å². The van der Waals surface area contributed by atoms with Gasteiger partial charge in [-0.3, -0.25) is 4.84 Å². The van der Waals surface area contributed by atoms with Crippen LogP contribution in [0, 0.1) is 0 Å². The van der Waals surface area contributed by atoms with Crippen LogP contribution in [-0.2, 0) is 22.4 Å². The van der Waals surface area contributed by atoms with Gasteiger partial charge in [-0.1, -0.05) is 18.2 Å². The van der Waals surface area contributed by atoms with E-state index >= 15 is 0 Å². The number of fused-ring (bicyclic) bond motifs is 2. The van der Waals surface area contributed by atoms with Crippen molar-refractivity contribution < 1.29 is 24.9 Å². The minimum absolute atomic E-state index is 0.475. The quantitative estimate of drug-likeness (QED) is 0.467. The Morgan fingerprint density at radius 1 is 1.17 bits per heavy atom. The molecule has 2 aliphatic rings. The molecule has 3 aromatic rings. The van der Waals surface area contributed by atoms with Gasteiger partial charge in [0.15, 0.2) is 12.0 Å². The van der Waals surface area contributed by atoms with Crippen molar-refractivity contribution in [2.45, 2.75) is 43.5 Å². The van der Waals surface area contributed by atoms with Crippen LogP contribution >= 0.6 is 0 Å². The zero-order valence-electron chi connectivity index (χ0n) is 15.8. The molecule has 29 heavy (non-hydrogen) atoms. The molecule has 1 aliphatic carbocycles. The number of hydrogen-bond acceptors (Lipinski definition) is 8. The van der Waals surface area contributed by atoms with Crippen LogP contribution in [-0.4, -0.2) is 55.3 Å². The van der Waals surface area contributed by atoms with Gasteiger partial charge in [0.25, 0.3) is 0 Å². The molecular formula is C20H22N4O5. The van der Waals surface area contributed by atoms with Gasteiger partial charge in [0.2, 0.25) is 0 Å². The highest BCUT2D eigenvalue weighted by Crippen LogP contribution is 2.38. The van der Waals surface area contributed by atoms with Crippen LogP contribution in [0.3, 0.4) is 0 Å². The van der Waals surface area contributed by atoms with Crippen molar-refractivity contribution in [3.63, 3.8) is 0 Å². The third-order valence-electron chi connectivity index (χ3n) is 5.80. The number of aliphatic hydroxyl groups excluding tert-OH is 3. The maximum Gasteiger partial charge on any atom is 0.164 e. The summed E-state index contributed by atoms with van der Waals surface area (Å²) in [5.74, 6) is 0.475. The Morgan fingerprint density at radius 2 is 2.00 bits per heavy atom. The molecule has 5 rings (SSSR count). The number of ether oxygens (including phenoxy) is 1. The van der Waals surface area contributed by atoms with Gasteiger partial charge in [0.1, 0.15) is 36.4 Å². The Bertz CT molecular complexity index is 1050. The van der Waals surface area contributed by atoms with Crippen molar-refractivity contribution in [1.29, 1.82) is 0 Å². The summed E-state index contributed by atoms with van der Waals surface area (Å²) in [4.78, 5) is 13.3. The molecule has 0 amide bonds. The van der Waals surface area contributed by atoms with Crippen LogP contribution in [0.15, 0.2) is 36.8 Å². The first-order valence-electron chi connectivity index (χ1n) is 9.50. The molecule has 2 aromatic heterocycles. The lowest BCUT2D eigenvalue weighted by atomic mass is 9.85. The van der Waals surface area contributed by atoms with Crippen LogP contribution in [0.5, 0.6) is 0 Å². The number of hydrogen-bond donors (Lipinski definition) is 4. The number of aryl methyl sites for hydroxylation is 2. The summed E-state index contributed by atoms with van der Waals surface area (Å²) in [5.41, 5.74) is 6.35. The summed E-state index contributed by atoms with van der Waals surface area (Å²) in [6.07, 6.45) is -0.310. The summed E-state index contributed by atoms with van der Waals surface area (Å²) in [5, 5.41) is 32.7. The number of aliphatic hydroxyl groups is 3. The Morgan fingerprint density at radius 3 is 2.72 bits per heavy atom. The molecule has 1 unspecified atom stereocenters. The minimum Gasteiger partial charge on any atom is -0.387 e. The van der Waals surface area contributed by atoms with Crippen molar-refractivity contribution >= 4 is 16.9 Å². The number of benzene rings is 1. The third-order valence-corrected chi connectivity index (χ3v) is 5.80. The lowest BCUT2D eigenvalue weighted by Gasteiger charge is -2.25. The number of nitrogens with zero attached hydrogens (tertiary/aromatic N) is 3. The second kappa shape index (κ2) is 7.05. The van der Waals surface area contributed by atoms with Crippen molar-refractivity contribution in [2.75, 3.05) is 12.6 Å². The molecule has 152 valence electrons. The van der Waals surface area contributed by atoms with Gasteiger partial charge < -0.3 is 24.6 Å². The number of aromatic nitrogens is 3. The van der Waals surface area contributed by atoms with Crippen LogP contribution in [0.25, 0.3) is 11.0 Å². The van der Waals surface area contributed by atoms with Gasteiger partial charge in [0, 0.05) is 6.20 Å². The molecule has 0 spiro atoms. The monoisotopic (exact) mass is 398 g/mol. The third kappa shape index (κ3) is 2.90. The van der Waals surface area contributed by atoms with Crippen LogP contribution in [0.1, 0.15) is 29.0 Å². The molecule has 4 N–H and O–H groups in total. The topological polar surface area (TPSA) is 122 Å². The van der Waals surface area contributed by atoms with Crippen molar-refractivity contribution in [3.8, 4) is 0 Å². The Balaban J connectivity index is 1.44. The summed E-state index contributed by atoms with van der Waals surface area (Å²) in [7, 11) is 1.48. The Labute approximate surface area is 166 Å². The average molecular weight is 398 g/mol. The Kier molecular flexibility index (Phi) is 4.49. The fourth-order valence-corrected chi connectivity index (χ4v) is 4.12. The molecular weight excluding hydrogens is 376 g/mol. The van der Waals surface area contributed by atoms with E-state index in [0.29, 0.717) is 22.4 Å². The molecule has 1 aromatic carbocycles. The predicted molar refractivity (Wildman–Crippen MR) is 103 cm³/mol. The molecule has 1 fully saturated rings. The van der Waals surface area contributed by atoms with Gasteiger partial charge in [-0.05, 0) is 35.6 Å². The van der Waals surface area contributed by atoms with Crippen LogP contribution in [0.2, 0.25) is 0 Å². The van der Waals surface area contributed by atoms with E-state index in [1.54, 1.807) is 16.8 Å². The van der Waals surface area contributed by atoms with Crippen molar-refractivity contribution in [1.82, 2.24) is 14.5 Å². The normalized spacial score (nSPS) is 26.9. The fourth-order valence-electron chi connectivity index (χ4n) is 4.12. The molecule has 1 saturated heterocycles. The first-order valence-corrected chi connectivity index (χ1v) is 9.50. The number of nitrogens with one attached hydrogen (secondary N) is 1. The zero-order valence-corrected chi connectivity index (χ0v) is 15.8. The summed E-state index contributed by atoms with van der Waals surface area (Å²) < 4.78 is 7.56. The van der Waals surface area contributed by atoms with Gasteiger partial charge in [-0.15, -0.1) is 0 Å². The Hall–Kier alpha value is -2.56. The van der Waals surface area contributed by atoms with Gasteiger partial charge in [-0.2, -0.15) is 0 Å². The van der Waals surface area contributed by atoms with E-state index in [4.69, 9.17) is 9.57 Å². The summed E-state index contributed by atoms with van der Waals surface area (Å²) >= 11 is 0. The maximum atomic E-state index is 10.8. The number of anilines is 1. The lowest BCUT2D eigenvalue weighted by molar-refractivity contribution is -0.0848. The molecule has 0 radical (unpaired) electrons. The second-order valence-corrected chi connectivity index (χ2v) is 7.43. The largest absolute Gasteiger partial charge is 0.387 e. The van der Waals surface area contributed by atoms with Crippen LogP contribution in [0.4, 0.5) is 5.82 Å². The standard InChI is InChI=1S/C20H22N4O5/c1-28-23-18-13-6-7-24(19(13)22-9-21-18)20-16(27)15(26)17(29-20)14(25)12-5-3-10-2-4-11(10)8-12/h3,5-9,14-17,20,25-27H,2,4H2,1H3,(H,21,22,23)/t14?,15-,16+,17+,20+/m0/s1. The minimum atomic E-state index is -1.25. The molecule has 0 bridgehead atoms. The second-order valence-electron chi connectivity index (χ2n) is 7.43. The SMILES string of the molecule is CONc1ncnc2c1ccn2[C@@H]1O[C@H](C(O)c2ccc3c(c2)CC3)[C@@H](O)[C@H]1O. The molecule has 3 heterocycles. The average Bonchev–Trinajstić information content (AvgIpc) is 3.25. The lowest BCUT2D eigenvalue weighted by Crippen LogP contribution is -2.35. The van der Waals surface area contributed by atoms with E-state index in [1.165, 1.54) is 24.6 Å².